The van der Waals surface area contributed by atoms with Crippen LogP contribution >= 0.6 is 28.3 Å². The second kappa shape index (κ2) is 9.25. The SMILES string of the molecule is COC(=O)CC(NC(=O)C1CCC(N)C1)c1cccc(Br)c1.Cl. The van der Waals surface area contributed by atoms with Crippen molar-refractivity contribution in [3.63, 3.8) is 0 Å². The van der Waals surface area contributed by atoms with E-state index in [-0.39, 0.29) is 42.7 Å². The number of benzene rings is 1. The van der Waals surface area contributed by atoms with Crippen molar-refractivity contribution in [3.8, 4) is 0 Å². The summed E-state index contributed by atoms with van der Waals surface area (Å²) in [6, 6.07) is 7.26. The minimum absolute atomic E-state index is 0. The summed E-state index contributed by atoms with van der Waals surface area (Å²) in [6.45, 7) is 0. The second-order valence-corrected chi connectivity index (χ2v) is 6.58. The predicted octanol–water partition coefficient (Wildman–Crippen LogP) is 2.72. The first-order valence-corrected chi connectivity index (χ1v) is 8.17. The summed E-state index contributed by atoms with van der Waals surface area (Å²) in [5.41, 5.74) is 6.74. The molecule has 0 aromatic heterocycles. The van der Waals surface area contributed by atoms with Crippen LogP contribution in [0, 0.1) is 5.92 Å². The lowest BCUT2D eigenvalue weighted by atomic mass is 10.0. The van der Waals surface area contributed by atoms with Crippen molar-refractivity contribution < 1.29 is 14.3 Å². The van der Waals surface area contributed by atoms with Crippen molar-refractivity contribution in [1.29, 1.82) is 0 Å². The number of nitrogens with one attached hydrogen (secondary N) is 1. The molecule has 0 heterocycles. The summed E-state index contributed by atoms with van der Waals surface area (Å²) in [4.78, 5) is 24.0. The highest BCUT2D eigenvalue weighted by Crippen LogP contribution is 2.27. The molecule has 7 heteroatoms. The van der Waals surface area contributed by atoms with Gasteiger partial charge in [0.1, 0.15) is 0 Å². The van der Waals surface area contributed by atoms with Crippen LogP contribution in [-0.4, -0.2) is 25.0 Å². The summed E-state index contributed by atoms with van der Waals surface area (Å²) in [5.74, 6) is -0.461. The van der Waals surface area contributed by atoms with Crippen molar-refractivity contribution in [3.05, 3.63) is 34.3 Å². The molecule has 1 fully saturated rings. The molecule has 5 nitrogen and oxygen atoms in total. The number of nitrogens with two attached hydrogens (primary N) is 1. The van der Waals surface area contributed by atoms with Gasteiger partial charge in [-0.1, -0.05) is 28.1 Å². The molecule has 1 amide bonds. The largest absolute Gasteiger partial charge is 0.469 e. The van der Waals surface area contributed by atoms with Gasteiger partial charge in [-0.15, -0.1) is 12.4 Å². The van der Waals surface area contributed by atoms with E-state index in [9.17, 15) is 9.59 Å². The number of rotatable bonds is 5. The summed E-state index contributed by atoms with van der Waals surface area (Å²) >= 11 is 3.41. The van der Waals surface area contributed by atoms with Gasteiger partial charge in [-0.2, -0.15) is 0 Å². The number of halogens is 2. The van der Waals surface area contributed by atoms with Gasteiger partial charge in [0, 0.05) is 16.4 Å². The molecule has 0 radical (unpaired) electrons. The average Bonchev–Trinajstić information content (AvgIpc) is 2.93. The molecule has 1 aromatic rings. The quantitative estimate of drug-likeness (QED) is 0.738. The Morgan fingerprint density at radius 3 is 2.74 bits per heavy atom. The first-order chi connectivity index (χ1) is 10.5. The van der Waals surface area contributed by atoms with E-state index >= 15 is 0 Å². The van der Waals surface area contributed by atoms with Gasteiger partial charge in [-0.3, -0.25) is 9.59 Å². The Morgan fingerprint density at radius 2 is 2.17 bits per heavy atom. The molecular weight excluding hydrogens is 384 g/mol. The lowest BCUT2D eigenvalue weighted by Crippen LogP contribution is -2.35. The monoisotopic (exact) mass is 404 g/mol. The number of hydrogen-bond acceptors (Lipinski definition) is 4. The minimum atomic E-state index is -0.394. The van der Waals surface area contributed by atoms with Gasteiger partial charge in [-0.05, 0) is 37.0 Å². The van der Waals surface area contributed by atoms with Gasteiger partial charge in [0.15, 0.2) is 0 Å². The zero-order chi connectivity index (χ0) is 16.1. The lowest BCUT2D eigenvalue weighted by molar-refractivity contribution is -0.141. The third-order valence-electron chi connectivity index (χ3n) is 4.01. The van der Waals surface area contributed by atoms with Gasteiger partial charge in [0.2, 0.25) is 5.91 Å². The van der Waals surface area contributed by atoms with Crippen molar-refractivity contribution in [2.45, 2.75) is 37.8 Å². The normalized spacial score (nSPS) is 21.2. The second-order valence-electron chi connectivity index (χ2n) is 5.67. The van der Waals surface area contributed by atoms with Crippen molar-refractivity contribution >= 4 is 40.2 Å². The van der Waals surface area contributed by atoms with Crippen LogP contribution in [0.25, 0.3) is 0 Å². The Balaban J connectivity index is 0.00000264. The Bertz CT molecular complexity index is 556. The Kier molecular flexibility index (Phi) is 8.02. The molecule has 0 aliphatic heterocycles. The van der Waals surface area contributed by atoms with Crippen LogP contribution in [0.1, 0.15) is 37.3 Å². The number of methoxy groups -OCH3 is 1. The maximum absolute atomic E-state index is 12.4. The van der Waals surface area contributed by atoms with Gasteiger partial charge in [0.05, 0.1) is 19.6 Å². The van der Waals surface area contributed by atoms with Gasteiger partial charge < -0.3 is 15.8 Å². The van der Waals surface area contributed by atoms with E-state index in [0.29, 0.717) is 6.42 Å². The molecule has 128 valence electrons. The Hall–Kier alpha value is -1.11. The molecule has 1 aliphatic rings. The lowest BCUT2D eigenvalue weighted by Gasteiger charge is -2.21. The zero-order valence-electron chi connectivity index (χ0n) is 13.0. The van der Waals surface area contributed by atoms with E-state index in [1.54, 1.807) is 0 Å². The highest BCUT2D eigenvalue weighted by molar-refractivity contribution is 9.10. The van der Waals surface area contributed by atoms with E-state index in [0.717, 1.165) is 22.9 Å². The maximum atomic E-state index is 12.4. The molecule has 1 aromatic carbocycles. The Morgan fingerprint density at radius 1 is 1.43 bits per heavy atom. The van der Waals surface area contributed by atoms with Crippen molar-refractivity contribution in [2.75, 3.05) is 7.11 Å². The molecule has 0 saturated heterocycles. The van der Waals surface area contributed by atoms with Crippen molar-refractivity contribution in [2.24, 2.45) is 11.7 Å². The standard InChI is InChI=1S/C16H21BrN2O3.ClH/c1-22-15(20)9-14(10-3-2-4-12(17)7-10)19-16(21)11-5-6-13(18)8-11;/h2-4,7,11,13-14H,5-6,8-9,18H2,1H3,(H,19,21);1H. The molecule has 2 rings (SSSR count). The molecule has 0 bridgehead atoms. The zero-order valence-corrected chi connectivity index (χ0v) is 15.4. The molecule has 3 unspecified atom stereocenters. The Labute approximate surface area is 150 Å². The van der Waals surface area contributed by atoms with E-state index in [4.69, 9.17) is 10.5 Å². The van der Waals surface area contributed by atoms with Crippen LogP contribution in [0.15, 0.2) is 28.7 Å². The smallest absolute Gasteiger partial charge is 0.307 e. The summed E-state index contributed by atoms with van der Waals surface area (Å²) in [5, 5.41) is 2.97. The van der Waals surface area contributed by atoms with Crippen LogP contribution in [0.2, 0.25) is 0 Å². The highest BCUT2D eigenvalue weighted by Gasteiger charge is 2.30. The fourth-order valence-electron chi connectivity index (χ4n) is 2.77. The number of carbonyl (C=O) groups is 2. The molecule has 1 aliphatic carbocycles. The van der Waals surface area contributed by atoms with E-state index in [2.05, 4.69) is 21.2 Å². The van der Waals surface area contributed by atoms with Gasteiger partial charge >= 0.3 is 5.97 Å². The molecule has 0 spiro atoms. The molecule has 23 heavy (non-hydrogen) atoms. The van der Waals surface area contributed by atoms with E-state index in [1.807, 2.05) is 24.3 Å². The number of hydrogen-bond donors (Lipinski definition) is 2. The fraction of sp³-hybridized carbons (Fsp3) is 0.500. The van der Waals surface area contributed by atoms with Crippen LogP contribution in [-0.2, 0) is 14.3 Å². The topological polar surface area (TPSA) is 81.4 Å². The molecule has 3 atom stereocenters. The summed E-state index contributed by atoms with van der Waals surface area (Å²) < 4.78 is 5.63. The third kappa shape index (κ3) is 5.79. The van der Waals surface area contributed by atoms with Crippen LogP contribution in [0.5, 0.6) is 0 Å². The van der Waals surface area contributed by atoms with Crippen LogP contribution in [0.4, 0.5) is 0 Å². The maximum Gasteiger partial charge on any atom is 0.307 e. The minimum Gasteiger partial charge on any atom is -0.469 e. The number of esters is 1. The average molecular weight is 406 g/mol. The van der Waals surface area contributed by atoms with Gasteiger partial charge in [0.25, 0.3) is 0 Å². The van der Waals surface area contributed by atoms with E-state index in [1.165, 1.54) is 7.11 Å². The van der Waals surface area contributed by atoms with Crippen LogP contribution < -0.4 is 11.1 Å². The first-order valence-electron chi connectivity index (χ1n) is 7.38. The first kappa shape index (κ1) is 19.9. The number of amides is 1. The predicted molar refractivity (Wildman–Crippen MR) is 94.2 cm³/mol. The highest BCUT2D eigenvalue weighted by atomic mass is 79.9. The van der Waals surface area contributed by atoms with Gasteiger partial charge in [-0.25, -0.2) is 0 Å². The molecule has 3 N–H and O–H groups in total. The third-order valence-corrected chi connectivity index (χ3v) is 4.50. The van der Waals surface area contributed by atoms with Crippen LogP contribution in [0.3, 0.4) is 0 Å². The summed E-state index contributed by atoms with van der Waals surface area (Å²) in [6.07, 6.45) is 2.49. The van der Waals surface area contributed by atoms with Crippen molar-refractivity contribution in [1.82, 2.24) is 5.32 Å². The van der Waals surface area contributed by atoms with E-state index < -0.39 is 6.04 Å². The summed E-state index contributed by atoms with van der Waals surface area (Å²) in [7, 11) is 1.35. The molecule has 1 saturated carbocycles. The number of carbonyl (C=O) groups excluding carboxylic acids is 2. The number of ether oxygens (including phenoxy) is 1. The molecular formula is C16H22BrClN2O3. The fourth-order valence-corrected chi connectivity index (χ4v) is 3.19.